The summed E-state index contributed by atoms with van der Waals surface area (Å²) in [7, 11) is -3.61. The predicted octanol–water partition coefficient (Wildman–Crippen LogP) is 5.77. The molecule has 4 aromatic rings. The van der Waals surface area contributed by atoms with Crippen molar-refractivity contribution in [1.82, 2.24) is 20.2 Å². The third kappa shape index (κ3) is 6.32. The van der Waals surface area contributed by atoms with Crippen LogP contribution in [0.3, 0.4) is 0 Å². The molecular formula is C33H39N5O3S2. The molecule has 1 aliphatic heterocycles. The van der Waals surface area contributed by atoms with E-state index in [1.807, 2.05) is 29.2 Å². The lowest BCUT2D eigenvalue weighted by molar-refractivity contribution is -0.134. The first-order chi connectivity index (χ1) is 20.7. The molecule has 6 rings (SSSR count). The van der Waals surface area contributed by atoms with Gasteiger partial charge in [-0.3, -0.25) is 4.79 Å². The summed E-state index contributed by atoms with van der Waals surface area (Å²) < 4.78 is 27.4. The van der Waals surface area contributed by atoms with Crippen molar-refractivity contribution in [2.45, 2.75) is 68.5 Å². The summed E-state index contributed by atoms with van der Waals surface area (Å²) in [6.07, 6.45) is 5.09. The van der Waals surface area contributed by atoms with E-state index < -0.39 is 21.4 Å². The van der Waals surface area contributed by atoms with Gasteiger partial charge in [0.25, 0.3) is 0 Å². The number of carbonyl (C=O) groups is 1. The summed E-state index contributed by atoms with van der Waals surface area (Å²) in [6, 6.07) is 20.7. The summed E-state index contributed by atoms with van der Waals surface area (Å²) in [5.74, 6) is 1.05. The van der Waals surface area contributed by atoms with Gasteiger partial charge in [0, 0.05) is 17.5 Å². The third-order valence-electron chi connectivity index (χ3n) is 8.77. The van der Waals surface area contributed by atoms with Crippen LogP contribution < -0.4 is 10.6 Å². The van der Waals surface area contributed by atoms with Crippen LogP contribution in [-0.2, 0) is 14.6 Å². The Hall–Kier alpha value is -3.34. The fourth-order valence-electron chi connectivity index (χ4n) is 6.48. The number of nitrogens with zero attached hydrogens (tertiary/aromatic N) is 3. The molecule has 1 amide bonds. The molecule has 1 saturated heterocycles. The summed E-state index contributed by atoms with van der Waals surface area (Å²) >= 11 is 1.60. The number of nitrogens with one attached hydrogen (secondary N) is 2. The van der Waals surface area contributed by atoms with Crippen LogP contribution in [-0.4, -0.2) is 65.7 Å². The third-order valence-corrected chi connectivity index (χ3v) is 11.8. The Bertz CT molecular complexity index is 1670. The van der Waals surface area contributed by atoms with Gasteiger partial charge in [0.15, 0.2) is 9.84 Å². The van der Waals surface area contributed by atoms with E-state index in [1.54, 1.807) is 35.6 Å². The number of aromatic nitrogens is 2. The van der Waals surface area contributed by atoms with Gasteiger partial charge in [0.05, 0.1) is 21.6 Å². The molecule has 1 atom stereocenters. The first-order valence-electron chi connectivity index (χ1n) is 15.1. The Morgan fingerprint density at radius 2 is 1.70 bits per heavy atom. The molecule has 2 N–H and O–H groups in total. The lowest BCUT2D eigenvalue weighted by atomic mass is 9.79. The van der Waals surface area contributed by atoms with Crippen molar-refractivity contribution in [1.29, 1.82) is 0 Å². The number of anilines is 1. The monoisotopic (exact) mass is 617 g/mol. The van der Waals surface area contributed by atoms with E-state index in [1.165, 1.54) is 6.33 Å². The molecule has 1 saturated carbocycles. The van der Waals surface area contributed by atoms with Gasteiger partial charge in [0.1, 0.15) is 23.0 Å². The number of rotatable bonds is 10. The van der Waals surface area contributed by atoms with Crippen molar-refractivity contribution in [2.75, 3.05) is 24.2 Å². The van der Waals surface area contributed by atoms with E-state index in [-0.39, 0.29) is 11.7 Å². The second-order valence-electron chi connectivity index (χ2n) is 12.3. The van der Waals surface area contributed by atoms with Crippen molar-refractivity contribution >= 4 is 43.1 Å². The van der Waals surface area contributed by atoms with Gasteiger partial charge in [0.2, 0.25) is 5.91 Å². The van der Waals surface area contributed by atoms with Gasteiger partial charge in [-0.1, -0.05) is 62.4 Å². The van der Waals surface area contributed by atoms with Crippen molar-refractivity contribution in [2.24, 2.45) is 5.92 Å². The highest BCUT2D eigenvalue weighted by Gasteiger charge is 2.49. The highest BCUT2D eigenvalue weighted by Crippen LogP contribution is 2.40. The van der Waals surface area contributed by atoms with Gasteiger partial charge in [-0.25, -0.2) is 18.4 Å². The Balaban J connectivity index is 1.24. The molecule has 8 nitrogen and oxygen atoms in total. The van der Waals surface area contributed by atoms with Gasteiger partial charge >= 0.3 is 0 Å². The van der Waals surface area contributed by atoms with Crippen LogP contribution in [0.5, 0.6) is 0 Å². The zero-order valence-corrected chi connectivity index (χ0v) is 26.3. The SMILES string of the molecule is CC(C)CNC1CCC(CS(=O)(=O)c2ccccc2)(N2CC[C@H](Nc3ncnc4sc(-c5ccccc5)cc34)C2=O)CC1. The topological polar surface area (TPSA) is 104 Å². The van der Waals surface area contributed by atoms with E-state index in [4.69, 9.17) is 0 Å². The molecule has 0 bridgehead atoms. The Morgan fingerprint density at radius 1 is 1.00 bits per heavy atom. The maximum atomic E-state index is 14.1. The van der Waals surface area contributed by atoms with E-state index in [9.17, 15) is 13.2 Å². The lowest BCUT2D eigenvalue weighted by Crippen LogP contribution is -2.58. The van der Waals surface area contributed by atoms with E-state index in [0.29, 0.717) is 48.5 Å². The maximum Gasteiger partial charge on any atom is 0.245 e. The highest BCUT2D eigenvalue weighted by atomic mass is 32.2. The molecule has 0 spiro atoms. The number of benzene rings is 2. The van der Waals surface area contributed by atoms with Crippen LogP contribution >= 0.6 is 11.3 Å². The minimum absolute atomic E-state index is 0.0536. The Kier molecular flexibility index (Phi) is 8.53. The van der Waals surface area contributed by atoms with Crippen molar-refractivity contribution < 1.29 is 13.2 Å². The second kappa shape index (κ2) is 12.3. The molecule has 2 aromatic carbocycles. The van der Waals surface area contributed by atoms with Crippen molar-refractivity contribution in [3.63, 3.8) is 0 Å². The molecule has 3 heterocycles. The van der Waals surface area contributed by atoms with E-state index in [0.717, 1.165) is 40.0 Å². The minimum atomic E-state index is -3.61. The molecule has 1 aliphatic carbocycles. The van der Waals surface area contributed by atoms with E-state index >= 15 is 0 Å². The fourth-order valence-corrected chi connectivity index (χ4v) is 9.38. The molecule has 43 heavy (non-hydrogen) atoms. The quantitative estimate of drug-likeness (QED) is 0.233. The number of hydrogen-bond donors (Lipinski definition) is 2. The average Bonchev–Trinajstić information content (AvgIpc) is 3.62. The lowest BCUT2D eigenvalue weighted by Gasteiger charge is -2.46. The number of likely N-dealkylation sites (tertiary alicyclic amines) is 1. The number of thiophene rings is 1. The minimum Gasteiger partial charge on any atom is -0.358 e. The zero-order chi connectivity index (χ0) is 30.0. The van der Waals surface area contributed by atoms with Crippen LogP contribution in [0.25, 0.3) is 20.7 Å². The van der Waals surface area contributed by atoms with Crippen LogP contribution in [0.2, 0.25) is 0 Å². The standard InChI is InChI=1S/C33H39N5O3S2/c1-23(2)20-34-25-13-16-33(17-14-25,21-43(40,41)26-11-7-4-8-12-26)38-18-15-28(32(38)39)37-30-27-19-29(24-9-5-3-6-10-24)42-31(27)36-22-35-30/h3-12,19,22-23,25,28,34H,13-18,20-21H2,1-2H3,(H,35,36,37)/t25?,28-,33?/m0/s1. The summed E-state index contributed by atoms with van der Waals surface area (Å²) in [5.41, 5.74) is 0.363. The van der Waals surface area contributed by atoms with Crippen molar-refractivity contribution in [3.8, 4) is 10.4 Å². The second-order valence-corrected chi connectivity index (χ2v) is 15.3. The van der Waals surface area contributed by atoms with Crippen LogP contribution in [0.1, 0.15) is 46.0 Å². The number of hydrogen-bond acceptors (Lipinski definition) is 8. The number of carbonyl (C=O) groups excluding carboxylic acids is 1. The normalized spacial score (nSPS) is 22.9. The first-order valence-corrected chi connectivity index (χ1v) is 17.6. The molecule has 0 radical (unpaired) electrons. The number of fused-ring (bicyclic) bond motifs is 1. The molecular weight excluding hydrogens is 579 g/mol. The van der Waals surface area contributed by atoms with Crippen LogP contribution in [0, 0.1) is 5.92 Å². The van der Waals surface area contributed by atoms with Gasteiger partial charge in [-0.15, -0.1) is 11.3 Å². The molecule has 10 heteroatoms. The Labute approximate surface area is 257 Å². The predicted molar refractivity (Wildman–Crippen MR) is 173 cm³/mol. The molecule has 226 valence electrons. The highest BCUT2D eigenvalue weighted by molar-refractivity contribution is 7.91. The summed E-state index contributed by atoms with van der Waals surface area (Å²) in [5, 5.41) is 7.96. The van der Waals surface area contributed by atoms with Crippen molar-refractivity contribution in [3.05, 3.63) is 73.1 Å². The maximum absolute atomic E-state index is 14.1. The largest absolute Gasteiger partial charge is 0.358 e. The molecule has 2 aliphatic rings. The average molecular weight is 618 g/mol. The summed E-state index contributed by atoms with van der Waals surface area (Å²) in [4.78, 5) is 27.2. The van der Waals surface area contributed by atoms with Gasteiger partial charge < -0.3 is 15.5 Å². The van der Waals surface area contributed by atoms with Gasteiger partial charge in [-0.05, 0) is 68.3 Å². The summed E-state index contributed by atoms with van der Waals surface area (Å²) in [6.45, 7) is 5.81. The number of amides is 1. The van der Waals surface area contributed by atoms with E-state index in [2.05, 4.69) is 52.6 Å². The fraction of sp³-hybridized carbons (Fsp3) is 0.424. The smallest absolute Gasteiger partial charge is 0.245 e. The number of sulfone groups is 1. The zero-order valence-electron chi connectivity index (χ0n) is 24.7. The molecule has 2 aromatic heterocycles. The first kappa shape index (κ1) is 29.7. The molecule has 2 fully saturated rings. The van der Waals surface area contributed by atoms with Gasteiger partial charge in [-0.2, -0.15) is 0 Å². The Morgan fingerprint density at radius 3 is 2.40 bits per heavy atom. The van der Waals surface area contributed by atoms with Crippen LogP contribution in [0.15, 0.2) is 78.0 Å². The van der Waals surface area contributed by atoms with Crippen LogP contribution in [0.4, 0.5) is 5.82 Å². The molecule has 0 unspecified atom stereocenters.